The highest BCUT2D eigenvalue weighted by Gasteiger charge is 2.35. The van der Waals surface area contributed by atoms with Gasteiger partial charge in [0, 0.05) is 25.8 Å². The number of carbonyl (C=O) groups is 3. The average molecular weight is 374 g/mol. The van der Waals surface area contributed by atoms with Crippen LogP contribution in [-0.4, -0.2) is 53.1 Å². The van der Waals surface area contributed by atoms with E-state index in [1.807, 2.05) is 6.92 Å². The molecule has 3 rings (SSSR count). The summed E-state index contributed by atoms with van der Waals surface area (Å²) >= 11 is 1.30. The highest BCUT2D eigenvalue weighted by molar-refractivity contribution is 7.15. The Morgan fingerprint density at radius 1 is 1.23 bits per heavy atom. The van der Waals surface area contributed by atoms with Gasteiger partial charge in [-0.05, 0) is 31.0 Å². The maximum atomic E-state index is 12.5. The van der Waals surface area contributed by atoms with Crippen molar-refractivity contribution in [1.82, 2.24) is 15.1 Å². The minimum Gasteiger partial charge on any atom is -0.385 e. The highest BCUT2D eigenvalue weighted by Crippen LogP contribution is 2.25. The lowest BCUT2D eigenvalue weighted by Gasteiger charge is -2.12. The highest BCUT2D eigenvalue weighted by atomic mass is 32.1. The van der Waals surface area contributed by atoms with Crippen LogP contribution in [0.2, 0.25) is 0 Å². The van der Waals surface area contributed by atoms with Crippen molar-refractivity contribution in [3.8, 4) is 0 Å². The number of benzene rings is 1. The molecular weight excluding hydrogens is 356 g/mol. The van der Waals surface area contributed by atoms with Gasteiger partial charge in [-0.2, -0.15) is 0 Å². The first-order chi connectivity index (χ1) is 12.5. The number of fused-ring (bicyclic) bond motifs is 1. The van der Waals surface area contributed by atoms with E-state index in [1.54, 1.807) is 7.11 Å². The largest absolute Gasteiger partial charge is 0.385 e. The zero-order chi connectivity index (χ0) is 18.7. The first-order valence-corrected chi connectivity index (χ1v) is 8.99. The van der Waals surface area contributed by atoms with Gasteiger partial charge in [0.15, 0.2) is 0 Å². The molecule has 1 aliphatic heterocycles. The van der Waals surface area contributed by atoms with Gasteiger partial charge >= 0.3 is 0 Å². The lowest BCUT2D eigenvalue weighted by molar-refractivity contribution is 0.0638. The van der Waals surface area contributed by atoms with E-state index < -0.39 is 5.91 Å². The van der Waals surface area contributed by atoms with Crippen molar-refractivity contribution in [2.45, 2.75) is 19.8 Å². The maximum absolute atomic E-state index is 12.5. The Hall–Kier alpha value is -2.65. The molecule has 9 heteroatoms. The van der Waals surface area contributed by atoms with Gasteiger partial charge in [-0.25, -0.2) is 0 Å². The van der Waals surface area contributed by atoms with Crippen LogP contribution >= 0.6 is 11.3 Å². The molecule has 0 unspecified atom stereocenters. The SMILES string of the molecule is CCc1nnc(NC(=O)c2ccc3c(c2)C(=O)N(CCCOC)C3=O)s1. The second-order valence-electron chi connectivity index (χ2n) is 5.68. The molecule has 1 N–H and O–H groups in total. The number of hydrogen-bond donors (Lipinski definition) is 1. The number of anilines is 1. The predicted molar refractivity (Wildman–Crippen MR) is 95.5 cm³/mol. The molecule has 0 aliphatic carbocycles. The molecule has 3 amide bonds. The van der Waals surface area contributed by atoms with Crippen molar-refractivity contribution < 1.29 is 19.1 Å². The summed E-state index contributed by atoms with van der Waals surface area (Å²) in [5, 5.41) is 11.7. The number of methoxy groups -OCH3 is 1. The third-order valence-electron chi connectivity index (χ3n) is 3.95. The van der Waals surface area contributed by atoms with Gasteiger partial charge in [-0.3, -0.25) is 24.6 Å². The van der Waals surface area contributed by atoms with E-state index in [9.17, 15) is 14.4 Å². The van der Waals surface area contributed by atoms with E-state index in [4.69, 9.17) is 4.74 Å². The number of aryl methyl sites for hydroxylation is 1. The summed E-state index contributed by atoms with van der Waals surface area (Å²) in [6.07, 6.45) is 1.30. The molecule has 2 aromatic rings. The Balaban J connectivity index is 1.76. The molecule has 0 bridgehead atoms. The van der Waals surface area contributed by atoms with E-state index in [1.165, 1.54) is 34.4 Å². The van der Waals surface area contributed by atoms with Crippen molar-refractivity contribution in [2.75, 3.05) is 25.6 Å². The number of carbonyl (C=O) groups excluding carboxylic acids is 3. The number of rotatable bonds is 7. The second-order valence-corrected chi connectivity index (χ2v) is 6.74. The van der Waals surface area contributed by atoms with Gasteiger partial charge in [0.25, 0.3) is 17.7 Å². The Morgan fingerprint density at radius 2 is 2.00 bits per heavy atom. The summed E-state index contributed by atoms with van der Waals surface area (Å²) in [4.78, 5) is 38.4. The van der Waals surface area contributed by atoms with Gasteiger partial charge in [-0.15, -0.1) is 10.2 Å². The quantitative estimate of drug-likeness (QED) is 0.587. The fourth-order valence-corrected chi connectivity index (χ4v) is 3.29. The Labute approximate surface area is 154 Å². The molecule has 0 fully saturated rings. The summed E-state index contributed by atoms with van der Waals surface area (Å²) in [5.74, 6) is -1.13. The monoisotopic (exact) mass is 374 g/mol. The average Bonchev–Trinajstić information content (AvgIpc) is 3.19. The fraction of sp³-hybridized carbons (Fsp3) is 0.353. The van der Waals surface area contributed by atoms with Crippen molar-refractivity contribution in [2.24, 2.45) is 0 Å². The van der Waals surface area contributed by atoms with Crippen LogP contribution in [0.3, 0.4) is 0 Å². The normalized spacial score (nSPS) is 13.2. The van der Waals surface area contributed by atoms with E-state index in [0.29, 0.717) is 23.7 Å². The molecule has 0 atom stereocenters. The van der Waals surface area contributed by atoms with Crippen molar-refractivity contribution in [3.05, 3.63) is 39.9 Å². The summed E-state index contributed by atoms with van der Waals surface area (Å²) < 4.78 is 4.95. The molecule has 0 saturated heterocycles. The van der Waals surface area contributed by atoms with Crippen molar-refractivity contribution in [1.29, 1.82) is 0 Å². The number of ether oxygens (including phenoxy) is 1. The fourth-order valence-electron chi connectivity index (χ4n) is 2.62. The zero-order valence-electron chi connectivity index (χ0n) is 14.4. The molecule has 0 spiro atoms. The van der Waals surface area contributed by atoms with Crippen LogP contribution < -0.4 is 5.32 Å². The first-order valence-electron chi connectivity index (χ1n) is 8.18. The Bertz CT molecular complexity index is 864. The topological polar surface area (TPSA) is 101 Å². The van der Waals surface area contributed by atoms with Crippen LogP contribution in [0.25, 0.3) is 0 Å². The molecule has 0 radical (unpaired) electrons. The Kier molecular flexibility index (Phi) is 5.38. The number of aromatic nitrogens is 2. The lowest BCUT2D eigenvalue weighted by Crippen LogP contribution is -2.31. The predicted octanol–water partition coefficient (Wildman–Crippen LogP) is 1.99. The van der Waals surface area contributed by atoms with E-state index >= 15 is 0 Å². The van der Waals surface area contributed by atoms with Crippen molar-refractivity contribution >= 4 is 34.2 Å². The molecule has 0 saturated carbocycles. The number of imide groups is 1. The number of amides is 3. The van der Waals surface area contributed by atoms with E-state index in [2.05, 4.69) is 15.5 Å². The first kappa shape index (κ1) is 18.2. The van der Waals surface area contributed by atoms with E-state index in [0.717, 1.165) is 11.4 Å². The third-order valence-corrected chi connectivity index (χ3v) is 4.94. The molecule has 1 aromatic heterocycles. The molecular formula is C17H18N4O4S. The van der Waals surface area contributed by atoms with Crippen LogP contribution in [0.15, 0.2) is 18.2 Å². The summed E-state index contributed by atoms with van der Waals surface area (Å²) in [7, 11) is 1.56. The van der Waals surface area contributed by atoms with Crippen molar-refractivity contribution in [3.63, 3.8) is 0 Å². The molecule has 26 heavy (non-hydrogen) atoms. The molecule has 2 heterocycles. The number of nitrogens with one attached hydrogen (secondary N) is 1. The minimum absolute atomic E-state index is 0.242. The molecule has 8 nitrogen and oxygen atoms in total. The molecule has 1 aliphatic rings. The van der Waals surface area contributed by atoms with E-state index in [-0.39, 0.29) is 29.5 Å². The molecule has 1 aromatic carbocycles. The van der Waals surface area contributed by atoms with Gasteiger partial charge in [0.05, 0.1) is 11.1 Å². The minimum atomic E-state index is -0.398. The van der Waals surface area contributed by atoms with Crippen LogP contribution in [0, 0.1) is 0 Å². The van der Waals surface area contributed by atoms with Gasteiger partial charge in [0.1, 0.15) is 5.01 Å². The second kappa shape index (κ2) is 7.71. The molecule has 136 valence electrons. The van der Waals surface area contributed by atoms with Crippen LogP contribution in [0.4, 0.5) is 5.13 Å². The summed E-state index contributed by atoms with van der Waals surface area (Å²) in [6.45, 7) is 2.70. The van der Waals surface area contributed by atoms with Gasteiger partial charge in [0.2, 0.25) is 5.13 Å². The smallest absolute Gasteiger partial charge is 0.261 e. The maximum Gasteiger partial charge on any atom is 0.261 e. The van der Waals surface area contributed by atoms with Gasteiger partial charge in [-0.1, -0.05) is 18.3 Å². The standard InChI is InChI=1S/C17H18N4O4S/c1-3-13-19-20-17(26-13)18-14(22)10-5-6-11-12(9-10)16(24)21(15(11)23)7-4-8-25-2/h5-6,9H,3-4,7-8H2,1-2H3,(H,18,20,22). The lowest BCUT2D eigenvalue weighted by atomic mass is 10.1. The Morgan fingerprint density at radius 3 is 2.69 bits per heavy atom. The zero-order valence-corrected chi connectivity index (χ0v) is 15.3. The number of hydrogen-bond acceptors (Lipinski definition) is 7. The summed E-state index contributed by atoms with van der Waals surface area (Å²) in [6, 6.07) is 4.49. The summed E-state index contributed by atoms with van der Waals surface area (Å²) in [5.41, 5.74) is 0.844. The third kappa shape index (κ3) is 3.49. The number of nitrogens with zero attached hydrogens (tertiary/aromatic N) is 3. The van der Waals surface area contributed by atoms with Crippen LogP contribution in [0.5, 0.6) is 0 Å². The van der Waals surface area contributed by atoms with Gasteiger partial charge < -0.3 is 4.74 Å². The van der Waals surface area contributed by atoms with Crippen LogP contribution in [0.1, 0.15) is 49.4 Å². The van der Waals surface area contributed by atoms with Crippen LogP contribution in [-0.2, 0) is 11.2 Å².